The van der Waals surface area contributed by atoms with Crippen molar-refractivity contribution in [2.45, 2.75) is 25.2 Å². The zero-order chi connectivity index (χ0) is 15.3. The summed E-state index contributed by atoms with van der Waals surface area (Å²) in [6.07, 6.45) is 2.06. The zero-order valence-electron chi connectivity index (χ0n) is 12.0. The van der Waals surface area contributed by atoms with Crippen LogP contribution in [0.25, 0.3) is 0 Å². The van der Waals surface area contributed by atoms with E-state index in [1.54, 1.807) is 11.3 Å². The van der Waals surface area contributed by atoms with E-state index in [1.165, 1.54) is 18.3 Å². The van der Waals surface area contributed by atoms with Crippen molar-refractivity contribution in [2.75, 3.05) is 18.4 Å². The van der Waals surface area contributed by atoms with E-state index >= 15 is 0 Å². The Balaban J connectivity index is 1.99. The van der Waals surface area contributed by atoms with E-state index in [0.29, 0.717) is 25.3 Å². The van der Waals surface area contributed by atoms with Gasteiger partial charge in [-0.1, -0.05) is 0 Å². The first kappa shape index (κ1) is 15.9. The maximum absolute atomic E-state index is 12.2. The highest BCUT2D eigenvalue weighted by molar-refractivity contribution is 7.89. The summed E-state index contributed by atoms with van der Waals surface area (Å²) in [4.78, 5) is 8.58. The number of anilines is 1. The molecule has 0 aliphatic heterocycles. The molecule has 114 valence electrons. The Morgan fingerprint density at radius 3 is 2.86 bits per heavy atom. The van der Waals surface area contributed by atoms with Gasteiger partial charge in [-0.25, -0.2) is 23.1 Å². The molecule has 0 aliphatic carbocycles. The van der Waals surface area contributed by atoms with Crippen LogP contribution in [0.2, 0.25) is 0 Å². The molecule has 2 aromatic rings. The fourth-order valence-corrected chi connectivity index (χ4v) is 3.47. The SMILES string of the molecule is CCNc1cc(S(=O)(=O)NCCc2csc(C)n2)ccn1. The van der Waals surface area contributed by atoms with Gasteiger partial charge in [0.15, 0.2) is 0 Å². The molecular weight excluding hydrogens is 308 g/mol. The molecule has 0 radical (unpaired) electrons. The lowest BCUT2D eigenvalue weighted by atomic mass is 10.3. The van der Waals surface area contributed by atoms with Crippen LogP contribution < -0.4 is 10.0 Å². The summed E-state index contributed by atoms with van der Waals surface area (Å²) in [5, 5.41) is 5.92. The third-order valence-corrected chi connectivity index (χ3v) is 5.02. The van der Waals surface area contributed by atoms with Gasteiger partial charge in [-0.2, -0.15) is 0 Å². The Labute approximate surface area is 128 Å². The van der Waals surface area contributed by atoms with Crippen LogP contribution in [-0.4, -0.2) is 31.5 Å². The van der Waals surface area contributed by atoms with E-state index in [9.17, 15) is 8.42 Å². The topological polar surface area (TPSA) is 84.0 Å². The molecule has 0 saturated carbocycles. The number of rotatable bonds is 7. The Morgan fingerprint density at radius 2 is 2.19 bits per heavy atom. The molecule has 2 N–H and O–H groups in total. The number of aryl methyl sites for hydroxylation is 1. The molecule has 8 heteroatoms. The molecule has 2 heterocycles. The van der Waals surface area contributed by atoms with Gasteiger partial charge >= 0.3 is 0 Å². The predicted molar refractivity (Wildman–Crippen MR) is 84.1 cm³/mol. The van der Waals surface area contributed by atoms with Crippen molar-refractivity contribution in [2.24, 2.45) is 0 Å². The van der Waals surface area contributed by atoms with E-state index in [4.69, 9.17) is 0 Å². The minimum Gasteiger partial charge on any atom is -0.370 e. The number of sulfonamides is 1. The van der Waals surface area contributed by atoms with E-state index in [1.807, 2.05) is 19.2 Å². The van der Waals surface area contributed by atoms with Gasteiger partial charge in [-0.15, -0.1) is 11.3 Å². The molecule has 0 unspecified atom stereocenters. The van der Waals surface area contributed by atoms with Crippen LogP contribution in [0.4, 0.5) is 5.82 Å². The summed E-state index contributed by atoms with van der Waals surface area (Å²) in [6.45, 7) is 4.87. The fourth-order valence-electron chi connectivity index (χ4n) is 1.78. The van der Waals surface area contributed by atoms with E-state index in [0.717, 1.165) is 10.7 Å². The van der Waals surface area contributed by atoms with Gasteiger partial charge in [-0.3, -0.25) is 0 Å². The summed E-state index contributed by atoms with van der Waals surface area (Å²) in [6, 6.07) is 3.01. The number of aromatic nitrogens is 2. The predicted octanol–water partition coefficient (Wildman–Crippen LogP) is 1.80. The highest BCUT2D eigenvalue weighted by atomic mass is 32.2. The summed E-state index contributed by atoms with van der Waals surface area (Å²) >= 11 is 1.56. The lowest BCUT2D eigenvalue weighted by Crippen LogP contribution is -2.26. The van der Waals surface area contributed by atoms with Crippen molar-refractivity contribution in [1.82, 2.24) is 14.7 Å². The van der Waals surface area contributed by atoms with E-state index in [-0.39, 0.29) is 4.90 Å². The summed E-state index contributed by atoms with van der Waals surface area (Å²) < 4.78 is 27.0. The zero-order valence-corrected chi connectivity index (χ0v) is 13.6. The molecule has 0 atom stereocenters. The second-order valence-electron chi connectivity index (χ2n) is 4.41. The average molecular weight is 326 g/mol. The summed E-state index contributed by atoms with van der Waals surface area (Å²) in [5.74, 6) is 0.551. The van der Waals surface area contributed by atoms with Crippen LogP contribution in [0.1, 0.15) is 17.6 Å². The molecule has 2 aromatic heterocycles. The van der Waals surface area contributed by atoms with E-state index < -0.39 is 10.0 Å². The van der Waals surface area contributed by atoms with Crippen LogP contribution in [0, 0.1) is 6.92 Å². The summed E-state index contributed by atoms with van der Waals surface area (Å²) in [5.41, 5.74) is 0.906. The molecule has 0 aromatic carbocycles. The van der Waals surface area contributed by atoms with Gasteiger partial charge in [0.05, 0.1) is 15.6 Å². The largest absolute Gasteiger partial charge is 0.370 e. The number of nitrogens with zero attached hydrogens (tertiary/aromatic N) is 2. The molecule has 0 aliphatic rings. The minimum atomic E-state index is -3.52. The first-order valence-corrected chi connectivity index (χ1v) is 8.98. The Bertz CT molecular complexity index is 698. The smallest absolute Gasteiger partial charge is 0.240 e. The monoisotopic (exact) mass is 326 g/mol. The number of pyridine rings is 1. The number of thiazole rings is 1. The van der Waals surface area contributed by atoms with Gasteiger partial charge < -0.3 is 5.32 Å². The van der Waals surface area contributed by atoms with E-state index in [2.05, 4.69) is 20.0 Å². The van der Waals surface area contributed by atoms with Gasteiger partial charge in [0.2, 0.25) is 10.0 Å². The van der Waals surface area contributed by atoms with Crippen LogP contribution in [0.15, 0.2) is 28.6 Å². The molecular formula is C13H18N4O2S2. The van der Waals surface area contributed by atoms with Gasteiger partial charge in [0.1, 0.15) is 5.82 Å². The first-order chi connectivity index (χ1) is 10.0. The molecule has 0 saturated heterocycles. The summed E-state index contributed by atoms with van der Waals surface area (Å²) in [7, 11) is -3.52. The molecule has 0 spiro atoms. The lowest BCUT2D eigenvalue weighted by Gasteiger charge is -2.08. The Kier molecular flexibility index (Phi) is 5.27. The third-order valence-electron chi connectivity index (χ3n) is 2.74. The quantitative estimate of drug-likeness (QED) is 0.810. The van der Waals surface area contributed by atoms with Gasteiger partial charge in [0.25, 0.3) is 0 Å². The highest BCUT2D eigenvalue weighted by Gasteiger charge is 2.14. The van der Waals surface area contributed by atoms with Crippen LogP contribution in [0.5, 0.6) is 0 Å². The average Bonchev–Trinajstić information content (AvgIpc) is 2.85. The number of hydrogen-bond acceptors (Lipinski definition) is 6. The van der Waals surface area contributed by atoms with Crippen molar-refractivity contribution in [3.63, 3.8) is 0 Å². The molecule has 0 bridgehead atoms. The Morgan fingerprint density at radius 1 is 1.38 bits per heavy atom. The van der Waals surface area contributed by atoms with Crippen LogP contribution in [0.3, 0.4) is 0 Å². The van der Waals surface area contributed by atoms with Crippen LogP contribution in [-0.2, 0) is 16.4 Å². The Hall–Kier alpha value is -1.51. The van der Waals surface area contributed by atoms with Crippen LogP contribution >= 0.6 is 11.3 Å². The fraction of sp³-hybridized carbons (Fsp3) is 0.385. The van der Waals surface area contributed by atoms with Crippen molar-refractivity contribution >= 4 is 27.2 Å². The van der Waals surface area contributed by atoms with Crippen molar-refractivity contribution in [1.29, 1.82) is 0 Å². The second kappa shape index (κ2) is 6.97. The molecule has 21 heavy (non-hydrogen) atoms. The van der Waals surface area contributed by atoms with Crippen molar-refractivity contribution in [3.05, 3.63) is 34.4 Å². The molecule has 6 nitrogen and oxygen atoms in total. The highest BCUT2D eigenvalue weighted by Crippen LogP contribution is 2.13. The normalized spacial score (nSPS) is 11.5. The molecule has 0 amide bonds. The lowest BCUT2D eigenvalue weighted by molar-refractivity contribution is 0.581. The second-order valence-corrected chi connectivity index (χ2v) is 7.24. The third kappa shape index (κ3) is 4.48. The molecule has 2 rings (SSSR count). The minimum absolute atomic E-state index is 0.211. The first-order valence-electron chi connectivity index (χ1n) is 6.62. The molecule has 0 fully saturated rings. The van der Waals surface area contributed by atoms with Crippen molar-refractivity contribution in [3.8, 4) is 0 Å². The number of hydrogen-bond donors (Lipinski definition) is 2. The maximum atomic E-state index is 12.2. The van der Waals surface area contributed by atoms with Gasteiger partial charge in [-0.05, 0) is 19.9 Å². The number of nitrogens with one attached hydrogen (secondary N) is 2. The standard InChI is InChI=1S/C13H18N4O2S2/c1-3-14-13-8-12(5-6-15-13)21(18,19)16-7-4-11-9-20-10(2)17-11/h5-6,8-9,16H,3-4,7H2,1-2H3,(H,14,15). The van der Waals surface area contributed by atoms with Gasteiger partial charge in [0, 0.05) is 37.2 Å². The van der Waals surface area contributed by atoms with Crippen molar-refractivity contribution < 1.29 is 8.42 Å². The maximum Gasteiger partial charge on any atom is 0.240 e.